The quantitative estimate of drug-likeness (QED) is 0.602. The summed E-state index contributed by atoms with van der Waals surface area (Å²) in [7, 11) is 4.12. The largest absolute Gasteiger partial charge is 0.339 e. The Kier molecular flexibility index (Phi) is 2.66. The zero-order valence-corrected chi connectivity index (χ0v) is 9.29. The van der Waals surface area contributed by atoms with Crippen molar-refractivity contribution in [1.82, 2.24) is 9.80 Å². The number of hydrogen-bond donors (Lipinski definition) is 0. The molecule has 1 rings (SSSR count). The highest BCUT2D eigenvalue weighted by atomic mass is 16.2. The maximum atomic E-state index is 11.7. The highest BCUT2D eigenvalue weighted by molar-refractivity contribution is 5.82. The van der Waals surface area contributed by atoms with Crippen molar-refractivity contribution in [3.8, 4) is 0 Å². The molecule has 0 aromatic rings. The van der Waals surface area contributed by atoms with Gasteiger partial charge in [-0.15, -0.1) is 0 Å². The van der Waals surface area contributed by atoms with Crippen LogP contribution in [0.1, 0.15) is 20.8 Å². The average Bonchev–Trinajstić information content (AvgIpc) is 1.80. The molecule has 0 spiro atoms. The molecule has 1 amide bonds. The molecular weight excluding hydrogens is 164 g/mol. The van der Waals surface area contributed by atoms with Crippen LogP contribution in [0.5, 0.6) is 0 Å². The van der Waals surface area contributed by atoms with Gasteiger partial charge >= 0.3 is 0 Å². The predicted octanol–water partition coefficient (Wildman–Crippen LogP) is 0.805. The van der Waals surface area contributed by atoms with Crippen molar-refractivity contribution in [1.29, 1.82) is 0 Å². The van der Waals surface area contributed by atoms with Gasteiger partial charge in [0.2, 0.25) is 5.91 Å². The van der Waals surface area contributed by atoms with Crippen LogP contribution in [0.2, 0.25) is 0 Å². The zero-order chi connectivity index (χ0) is 10.2. The van der Waals surface area contributed by atoms with Crippen molar-refractivity contribution >= 4 is 5.91 Å². The highest BCUT2D eigenvalue weighted by Crippen LogP contribution is 2.22. The molecule has 0 radical (unpaired) electrons. The minimum atomic E-state index is -0.225. The van der Waals surface area contributed by atoms with Crippen LogP contribution in [-0.4, -0.2) is 48.9 Å². The Balaban J connectivity index is 2.40. The van der Waals surface area contributed by atoms with E-state index in [0.29, 0.717) is 6.04 Å². The lowest BCUT2D eigenvalue weighted by Gasteiger charge is -2.45. The van der Waals surface area contributed by atoms with Crippen LogP contribution in [0, 0.1) is 5.41 Å². The number of nitrogens with zero attached hydrogens (tertiary/aromatic N) is 2. The summed E-state index contributed by atoms with van der Waals surface area (Å²) in [6.07, 6.45) is 0. The Morgan fingerprint density at radius 1 is 1.31 bits per heavy atom. The van der Waals surface area contributed by atoms with E-state index in [2.05, 4.69) is 19.0 Å². The Bertz CT molecular complexity index is 199. The SMILES string of the molecule is CN(C)C1CN(C(=O)C(C)(C)C)C1. The molecule has 13 heavy (non-hydrogen) atoms. The van der Waals surface area contributed by atoms with Crippen molar-refractivity contribution in [3.05, 3.63) is 0 Å². The highest BCUT2D eigenvalue weighted by Gasteiger charge is 2.36. The second-order valence-electron chi connectivity index (χ2n) is 5.08. The van der Waals surface area contributed by atoms with E-state index in [1.807, 2.05) is 25.7 Å². The van der Waals surface area contributed by atoms with Gasteiger partial charge in [-0.3, -0.25) is 4.79 Å². The molecular formula is C10H20N2O. The Morgan fingerprint density at radius 2 is 1.77 bits per heavy atom. The fraction of sp³-hybridized carbons (Fsp3) is 0.900. The molecule has 1 aliphatic rings. The first-order valence-electron chi connectivity index (χ1n) is 4.78. The summed E-state index contributed by atoms with van der Waals surface area (Å²) in [5, 5.41) is 0. The molecule has 0 aromatic carbocycles. The monoisotopic (exact) mass is 184 g/mol. The van der Waals surface area contributed by atoms with E-state index in [1.165, 1.54) is 0 Å². The van der Waals surface area contributed by atoms with Gasteiger partial charge in [-0.2, -0.15) is 0 Å². The maximum absolute atomic E-state index is 11.7. The van der Waals surface area contributed by atoms with Crippen molar-refractivity contribution in [2.75, 3.05) is 27.2 Å². The molecule has 3 nitrogen and oxygen atoms in total. The van der Waals surface area contributed by atoms with Crippen molar-refractivity contribution in [2.24, 2.45) is 5.41 Å². The summed E-state index contributed by atoms with van der Waals surface area (Å²) < 4.78 is 0. The molecule has 0 bridgehead atoms. The average molecular weight is 184 g/mol. The van der Waals surface area contributed by atoms with Gasteiger partial charge in [0.1, 0.15) is 0 Å². The molecule has 1 fully saturated rings. The van der Waals surface area contributed by atoms with Gasteiger partial charge in [0.05, 0.1) is 0 Å². The molecule has 1 saturated heterocycles. The molecule has 76 valence electrons. The number of likely N-dealkylation sites (N-methyl/N-ethyl adjacent to an activating group) is 1. The Hall–Kier alpha value is -0.570. The van der Waals surface area contributed by atoms with Crippen LogP contribution in [0.3, 0.4) is 0 Å². The number of likely N-dealkylation sites (tertiary alicyclic amines) is 1. The van der Waals surface area contributed by atoms with Crippen LogP contribution in [0.25, 0.3) is 0 Å². The van der Waals surface area contributed by atoms with Gasteiger partial charge in [-0.25, -0.2) is 0 Å². The molecule has 1 heterocycles. The van der Waals surface area contributed by atoms with Gasteiger partial charge in [0.25, 0.3) is 0 Å². The first-order valence-corrected chi connectivity index (χ1v) is 4.78. The molecule has 0 N–H and O–H groups in total. The van der Waals surface area contributed by atoms with Gasteiger partial charge < -0.3 is 9.80 Å². The van der Waals surface area contributed by atoms with Crippen LogP contribution in [0.15, 0.2) is 0 Å². The molecule has 0 aliphatic carbocycles. The lowest BCUT2D eigenvalue weighted by atomic mass is 9.92. The summed E-state index contributed by atoms with van der Waals surface area (Å²) in [5.41, 5.74) is -0.225. The zero-order valence-electron chi connectivity index (χ0n) is 9.29. The summed E-state index contributed by atoms with van der Waals surface area (Å²) >= 11 is 0. The van der Waals surface area contributed by atoms with Gasteiger partial charge in [-0.1, -0.05) is 20.8 Å². The van der Waals surface area contributed by atoms with Crippen LogP contribution < -0.4 is 0 Å². The molecule has 0 atom stereocenters. The Labute approximate surface area is 80.7 Å². The van der Waals surface area contributed by atoms with E-state index in [9.17, 15) is 4.79 Å². The van der Waals surface area contributed by atoms with E-state index < -0.39 is 0 Å². The normalized spacial score (nSPS) is 19.1. The van der Waals surface area contributed by atoms with Gasteiger partial charge in [-0.05, 0) is 14.1 Å². The third-order valence-electron chi connectivity index (χ3n) is 2.52. The summed E-state index contributed by atoms with van der Waals surface area (Å²) in [6, 6.07) is 0.561. The third kappa shape index (κ3) is 2.21. The lowest BCUT2D eigenvalue weighted by Crippen LogP contribution is -2.61. The maximum Gasteiger partial charge on any atom is 0.228 e. The number of carbonyl (C=O) groups excluding carboxylic acids is 1. The first kappa shape index (κ1) is 10.5. The standard InChI is InChI=1S/C10H20N2O/c1-10(2,3)9(13)12-6-8(7-12)11(4)5/h8H,6-7H2,1-5H3. The van der Waals surface area contributed by atoms with Crippen molar-refractivity contribution in [2.45, 2.75) is 26.8 Å². The summed E-state index contributed by atoms with van der Waals surface area (Å²) in [5.74, 6) is 0.269. The predicted molar refractivity (Wildman–Crippen MR) is 53.5 cm³/mol. The number of amides is 1. The summed E-state index contributed by atoms with van der Waals surface area (Å²) in [4.78, 5) is 15.8. The fourth-order valence-electron chi connectivity index (χ4n) is 1.42. The topological polar surface area (TPSA) is 23.6 Å². The smallest absolute Gasteiger partial charge is 0.228 e. The second kappa shape index (κ2) is 3.29. The fourth-order valence-corrected chi connectivity index (χ4v) is 1.42. The van der Waals surface area contributed by atoms with E-state index in [4.69, 9.17) is 0 Å². The van der Waals surface area contributed by atoms with E-state index in [0.717, 1.165) is 13.1 Å². The summed E-state index contributed by atoms with van der Waals surface area (Å²) in [6.45, 7) is 7.70. The van der Waals surface area contributed by atoms with E-state index >= 15 is 0 Å². The molecule has 0 unspecified atom stereocenters. The first-order chi connectivity index (χ1) is 5.82. The molecule has 0 saturated carbocycles. The van der Waals surface area contributed by atoms with Gasteiger partial charge in [0, 0.05) is 24.5 Å². The molecule has 3 heteroatoms. The third-order valence-corrected chi connectivity index (χ3v) is 2.52. The minimum absolute atomic E-state index is 0.225. The van der Waals surface area contributed by atoms with Gasteiger partial charge in [0.15, 0.2) is 0 Å². The Morgan fingerprint density at radius 3 is 2.08 bits per heavy atom. The van der Waals surface area contributed by atoms with Crippen molar-refractivity contribution < 1.29 is 4.79 Å². The molecule has 1 aliphatic heterocycles. The number of rotatable bonds is 1. The second-order valence-corrected chi connectivity index (χ2v) is 5.08. The minimum Gasteiger partial charge on any atom is -0.339 e. The lowest BCUT2D eigenvalue weighted by molar-refractivity contribution is -0.146. The number of carbonyl (C=O) groups is 1. The van der Waals surface area contributed by atoms with Crippen molar-refractivity contribution in [3.63, 3.8) is 0 Å². The van der Waals surface area contributed by atoms with Crippen LogP contribution in [0.4, 0.5) is 0 Å². The molecule has 0 aromatic heterocycles. The van der Waals surface area contributed by atoms with E-state index in [-0.39, 0.29) is 11.3 Å². The van der Waals surface area contributed by atoms with Crippen LogP contribution >= 0.6 is 0 Å². The van der Waals surface area contributed by atoms with Crippen LogP contribution in [-0.2, 0) is 4.79 Å². The van der Waals surface area contributed by atoms with E-state index in [1.54, 1.807) is 0 Å². The number of hydrogen-bond acceptors (Lipinski definition) is 2.